The molecule has 0 aromatic heterocycles. The van der Waals surface area contributed by atoms with E-state index >= 15 is 0 Å². The first-order valence-electron chi connectivity index (χ1n) is 11.8. The van der Waals surface area contributed by atoms with Gasteiger partial charge in [0, 0.05) is 32.9 Å². The van der Waals surface area contributed by atoms with Crippen LogP contribution in [0.25, 0.3) is 0 Å². The SMILES string of the molecule is CN(Cc1cccc(OCC(O)CN(C)c2ccccc2)c1)C(=S)Oc1ccc(C(C)(C)C)cc1. The normalized spacial score (nSPS) is 12.1. The van der Waals surface area contributed by atoms with Crippen LogP contribution >= 0.6 is 12.2 Å². The number of nitrogens with zero attached hydrogens (tertiary/aromatic N) is 2. The lowest BCUT2D eigenvalue weighted by molar-refractivity contribution is 0.113. The topological polar surface area (TPSA) is 45.2 Å². The molecular formula is C29H36N2O3S. The molecule has 6 heteroatoms. The highest BCUT2D eigenvalue weighted by Gasteiger charge is 2.14. The minimum absolute atomic E-state index is 0.0940. The Kier molecular flexibility index (Phi) is 9.13. The highest BCUT2D eigenvalue weighted by molar-refractivity contribution is 7.80. The molecule has 0 spiro atoms. The fourth-order valence-corrected chi connectivity index (χ4v) is 3.78. The number of benzene rings is 3. The van der Waals surface area contributed by atoms with Crippen LogP contribution in [0.5, 0.6) is 11.5 Å². The van der Waals surface area contributed by atoms with E-state index in [0.717, 1.165) is 17.0 Å². The molecule has 3 rings (SSSR count). The Morgan fingerprint density at radius 3 is 2.26 bits per heavy atom. The van der Waals surface area contributed by atoms with Crippen molar-refractivity contribution in [1.82, 2.24) is 4.90 Å². The number of aliphatic hydroxyl groups is 1. The molecule has 186 valence electrons. The molecule has 3 aromatic rings. The summed E-state index contributed by atoms with van der Waals surface area (Å²) in [5.41, 5.74) is 3.43. The molecule has 1 N–H and O–H groups in total. The average Bonchev–Trinajstić information content (AvgIpc) is 2.83. The summed E-state index contributed by atoms with van der Waals surface area (Å²) < 4.78 is 11.7. The molecule has 5 nitrogen and oxygen atoms in total. The van der Waals surface area contributed by atoms with E-state index in [0.29, 0.717) is 24.0 Å². The van der Waals surface area contributed by atoms with E-state index in [1.54, 1.807) is 0 Å². The summed E-state index contributed by atoms with van der Waals surface area (Å²) in [7, 11) is 3.86. The second kappa shape index (κ2) is 12.0. The van der Waals surface area contributed by atoms with Gasteiger partial charge in [0.25, 0.3) is 5.17 Å². The molecule has 0 heterocycles. The number of para-hydroxylation sites is 1. The molecule has 1 atom stereocenters. The second-order valence-electron chi connectivity index (χ2n) is 9.83. The summed E-state index contributed by atoms with van der Waals surface area (Å²) in [6, 6.07) is 25.8. The van der Waals surface area contributed by atoms with Crippen molar-refractivity contribution < 1.29 is 14.6 Å². The van der Waals surface area contributed by atoms with Crippen LogP contribution < -0.4 is 14.4 Å². The first kappa shape index (κ1) is 26.5. The van der Waals surface area contributed by atoms with Crippen LogP contribution in [0.1, 0.15) is 31.9 Å². The summed E-state index contributed by atoms with van der Waals surface area (Å²) in [5.74, 6) is 1.43. The second-order valence-corrected chi connectivity index (χ2v) is 10.2. The number of hydrogen-bond donors (Lipinski definition) is 1. The van der Waals surface area contributed by atoms with Crippen LogP contribution in [-0.2, 0) is 12.0 Å². The van der Waals surface area contributed by atoms with Gasteiger partial charge >= 0.3 is 0 Å². The van der Waals surface area contributed by atoms with Gasteiger partial charge in [-0.3, -0.25) is 0 Å². The molecule has 0 aliphatic carbocycles. The number of likely N-dealkylation sites (N-methyl/N-ethyl adjacent to an activating group) is 1. The zero-order chi connectivity index (χ0) is 25.4. The summed E-state index contributed by atoms with van der Waals surface area (Å²) >= 11 is 5.50. The van der Waals surface area contributed by atoms with Gasteiger partial charge < -0.3 is 24.4 Å². The van der Waals surface area contributed by atoms with Gasteiger partial charge in [-0.1, -0.05) is 63.2 Å². The van der Waals surface area contributed by atoms with Crippen molar-refractivity contribution in [2.75, 3.05) is 32.1 Å². The Balaban J connectivity index is 1.49. The number of hydrogen-bond acceptors (Lipinski definition) is 5. The summed E-state index contributed by atoms with van der Waals surface area (Å²) in [4.78, 5) is 3.90. The Morgan fingerprint density at radius 1 is 0.914 bits per heavy atom. The lowest BCUT2D eigenvalue weighted by atomic mass is 9.87. The van der Waals surface area contributed by atoms with Gasteiger partial charge in [0.15, 0.2) is 0 Å². The number of rotatable bonds is 9. The van der Waals surface area contributed by atoms with Gasteiger partial charge in [-0.25, -0.2) is 0 Å². The Morgan fingerprint density at radius 2 is 1.60 bits per heavy atom. The van der Waals surface area contributed by atoms with Gasteiger partial charge in [0.1, 0.15) is 24.2 Å². The van der Waals surface area contributed by atoms with Gasteiger partial charge in [0.05, 0.1) is 0 Å². The molecule has 1 unspecified atom stereocenters. The van der Waals surface area contributed by atoms with Crippen molar-refractivity contribution in [3.63, 3.8) is 0 Å². The van der Waals surface area contributed by atoms with E-state index in [1.165, 1.54) is 5.56 Å². The van der Waals surface area contributed by atoms with Crippen LogP contribution in [0.3, 0.4) is 0 Å². The fourth-order valence-electron chi connectivity index (χ4n) is 3.62. The lowest BCUT2D eigenvalue weighted by Gasteiger charge is -2.23. The average molecular weight is 493 g/mol. The van der Waals surface area contributed by atoms with E-state index in [-0.39, 0.29) is 12.0 Å². The molecule has 0 amide bonds. The van der Waals surface area contributed by atoms with Gasteiger partial charge in [-0.2, -0.15) is 0 Å². The molecule has 0 aliphatic heterocycles. The molecule has 0 saturated carbocycles. The summed E-state index contributed by atoms with van der Waals surface area (Å²) in [6.45, 7) is 7.82. The van der Waals surface area contributed by atoms with E-state index in [2.05, 4.69) is 32.9 Å². The predicted molar refractivity (Wildman–Crippen MR) is 147 cm³/mol. The van der Waals surface area contributed by atoms with E-state index in [9.17, 15) is 5.11 Å². The molecule has 35 heavy (non-hydrogen) atoms. The molecule has 0 fully saturated rings. The van der Waals surface area contributed by atoms with Crippen LogP contribution in [0, 0.1) is 0 Å². The Hall–Kier alpha value is -3.09. The third kappa shape index (κ3) is 8.26. The number of thiocarbonyl (C=S) groups is 1. The molecule has 0 bridgehead atoms. The molecule has 0 saturated heterocycles. The fraction of sp³-hybridized carbons (Fsp3) is 0.345. The Bertz CT molecular complexity index is 1080. The Labute approximate surface area is 214 Å². The predicted octanol–water partition coefficient (Wildman–Crippen LogP) is 5.66. The third-order valence-electron chi connectivity index (χ3n) is 5.68. The molecule has 3 aromatic carbocycles. The molecule has 0 aliphatic rings. The third-order valence-corrected chi connectivity index (χ3v) is 6.07. The van der Waals surface area contributed by atoms with Gasteiger partial charge in [-0.15, -0.1) is 0 Å². The standard InChI is InChI=1S/C29H36N2O3S/c1-29(2,3)23-14-16-26(17-15-23)34-28(35)31(5)19-22-10-9-13-27(18-22)33-21-25(32)20-30(4)24-11-7-6-8-12-24/h6-18,25,32H,19-21H2,1-5H3. The van der Waals surface area contributed by atoms with Crippen LogP contribution in [-0.4, -0.2) is 48.5 Å². The minimum Gasteiger partial charge on any atom is -0.491 e. The maximum Gasteiger partial charge on any atom is 0.264 e. The lowest BCUT2D eigenvalue weighted by Crippen LogP contribution is -2.33. The van der Waals surface area contributed by atoms with Gasteiger partial charge in [-0.05, 0) is 65.2 Å². The van der Waals surface area contributed by atoms with Crippen molar-refractivity contribution in [3.8, 4) is 11.5 Å². The van der Waals surface area contributed by atoms with Crippen molar-refractivity contribution >= 4 is 23.1 Å². The quantitative estimate of drug-likeness (QED) is 0.389. The minimum atomic E-state index is -0.614. The highest BCUT2D eigenvalue weighted by Crippen LogP contribution is 2.24. The van der Waals surface area contributed by atoms with Crippen LogP contribution in [0.4, 0.5) is 5.69 Å². The number of aliphatic hydroxyl groups excluding tert-OH is 1. The summed E-state index contributed by atoms with van der Waals surface area (Å²) in [5, 5.41) is 10.8. The first-order valence-corrected chi connectivity index (χ1v) is 12.2. The zero-order valence-corrected chi connectivity index (χ0v) is 22.1. The molecule has 0 radical (unpaired) electrons. The van der Waals surface area contributed by atoms with Gasteiger partial charge in [0.2, 0.25) is 0 Å². The van der Waals surface area contributed by atoms with Crippen molar-refractivity contribution in [2.24, 2.45) is 0 Å². The molecular weight excluding hydrogens is 456 g/mol. The van der Waals surface area contributed by atoms with E-state index < -0.39 is 6.10 Å². The van der Waals surface area contributed by atoms with Crippen LogP contribution in [0.2, 0.25) is 0 Å². The van der Waals surface area contributed by atoms with Crippen LogP contribution in [0.15, 0.2) is 78.9 Å². The van der Waals surface area contributed by atoms with E-state index in [4.69, 9.17) is 21.7 Å². The van der Waals surface area contributed by atoms with E-state index in [1.807, 2.05) is 90.6 Å². The number of ether oxygens (including phenoxy) is 2. The maximum atomic E-state index is 10.4. The zero-order valence-electron chi connectivity index (χ0n) is 21.3. The summed E-state index contributed by atoms with van der Waals surface area (Å²) in [6.07, 6.45) is -0.614. The smallest absolute Gasteiger partial charge is 0.264 e. The van der Waals surface area contributed by atoms with Crippen molar-refractivity contribution in [3.05, 3.63) is 90.0 Å². The monoisotopic (exact) mass is 492 g/mol. The van der Waals surface area contributed by atoms with Crippen molar-refractivity contribution in [1.29, 1.82) is 0 Å². The number of anilines is 1. The largest absolute Gasteiger partial charge is 0.491 e. The van der Waals surface area contributed by atoms with Crippen molar-refractivity contribution in [2.45, 2.75) is 38.8 Å². The highest BCUT2D eigenvalue weighted by atomic mass is 32.1. The first-order chi connectivity index (χ1) is 16.6. The maximum absolute atomic E-state index is 10.4.